The number of aromatic nitrogens is 2. The third-order valence-electron chi connectivity index (χ3n) is 3.75. The molecule has 0 unspecified atom stereocenters. The molecule has 1 amide bonds. The summed E-state index contributed by atoms with van der Waals surface area (Å²) in [6.45, 7) is 8.93. The highest BCUT2D eigenvalue weighted by molar-refractivity contribution is 5.78. The zero-order chi connectivity index (χ0) is 16.7. The Balaban J connectivity index is 1.69. The fourth-order valence-corrected chi connectivity index (χ4v) is 2.38. The van der Waals surface area contributed by atoms with Crippen molar-refractivity contribution in [2.24, 2.45) is 0 Å². The third-order valence-corrected chi connectivity index (χ3v) is 3.75. The molecule has 1 N–H and O–H groups in total. The van der Waals surface area contributed by atoms with Crippen molar-refractivity contribution in [2.45, 2.75) is 32.7 Å². The molecular formula is C15H24N6O2. The van der Waals surface area contributed by atoms with Gasteiger partial charge in [-0.3, -0.25) is 14.6 Å². The van der Waals surface area contributed by atoms with Crippen LogP contribution in [0.3, 0.4) is 0 Å². The van der Waals surface area contributed by atoms with Crippen LogP contribution in [0.5, 0.6) is 0 Å². The average molecular weight is 320 g/mol. The van der Waals surface area contributed by atoms with Crippen LogP contribution in [0.1, 0.15) is 37.9 Å². The molecule has 0 bridgehead atoms. The van der Waals surface area contributed by atoms with Gasteiger partial charge in [0.25, 0.3) is 0 Å². The van der Waals surface area contributed by atoms with E-state index in [1.54, 1.807) is 0 Å². The van der Waals surface area contributed by atoms with Gasteiger partial charge < -0.3 is 9.84 Å². The quantitative estimate of drug-likeness (QED) is 0.723. The fourth-order valence-electron chi connectivity index (χ4n) is 2.38. The van der Waals surface area contributed by atoms with Crippen LogP contribution in [0.15, 0.2) is 4.52 Å². The standard InChI is InChI=1S/C15H24N6O2/c1-12(2)15-18-14(23-19-15)11-21-8-6-20(7-9-21)10-13(22)17-5-3-4-16/h12H,3,5-11H2,1-2H3,(H,17,22). The highest BCUT2D eigenvalue weighted by Gasteiger charge is 2.21. The van der Waals surface area contributed by atoms with Crippen LogP contribution in [0.4, 0.5) is 0 Å². The smallest absolute Gasteiger partial charge is 0.240 e. The summed E-state index contributed by atoms with van der Waals surface area (Å²) in [5, 5.41) is 15.2. The lowest BCUT2D eigenvalue weighted by Crippen LogP contribution is -2.49. The number of carbonyl (C=O) groups is 1. The van der Waals surface area contributed by atoms with E-state index < -0.39 is 0 Å². The summed E-state index contributed by atoms with van der Waals surface area (Å²) >= 11 is 0. The molecule has 0 atom stereocenters. The number of nitrogens with one attached hydrogen (secondary N) is 1. The Morgan fingerprint density at radius 1 is 1.35 bits per heavy atom. The second-order valence-electron chi connectivity index (χ2n) is 6.01. The molecule has 126 valence electrons. The van der Waals surface area contributed by atoms with Gasteiger partial charge >= 0.3 is 0 Å². The molecule has 0 saturated carbocycles. The molecule has 2 heterocycles. The third kappa shape index (κ3) is 5.62. The van der Waals surface area contributed by atoms with E-state index in [4.69, 9.17) is 9.78 Å². The van der Waals surface area contributed by atoms with Gasteiger partial charge in [0.1, 0.15) is 0 Å². The van der Waals surface area contributed by atoms with Crippen LogP contribution >= 0.6 is 0 Å². The average Bonchev–Trinajstić information content (AvgIpc) is 2.98. The van der Waals surface area contributed by atoms with Gasteiger partial charge in [-0.2, -0.15) is 10.2 Å². The summed E-state index contributed by atoms with van der Waals surface area (Å²) in [5.74, 6) is 1.64. The lowest BCUT2D eigenvalue weighted by atomic mass is 10.2. The van der Waals surface area contributed by atoms with Gasteiger partial charge in [-0.05, 0) is 0 Å². The van der Waals surface area contributed by atoms with Crippen molar-refractivity contribution < 1.29 is 9.32 Å². The Hall–Kier alpha value is -1.98. The maximum Gasteiger partial charge on any atom is 0.240 e. The van der Waals surface area contributed by atoms with E-state index in [1.165, 1.54) is 0 Å². The number of hydrogen-bond acceptors (Lipinski definition) is 7. The van der Waals surface area contributed by atoms with Crippen molar-refractivity contribution in [3.8, 4) is 6.07 Å². The van der Waals surface area contributed by atoms with Crippen molar-refractivity contribution >= 4 is 5.91 Å². The number of nitriles is 1. The largest absolute Gasteiger partial charge is 0.354 e. The molecule has 23 heavy (non-hydrogen) atoms. The maximum absolute atomic E-state index is 11.7. The summed E-state index contributed by atoms with van der Waals surface area (Å²) < 4.78 is 5.27. The first-order chi connectivity index (χ1) is 11.1. The summed E-state index contributed by atoms with van der Waals surface area (Å²) in [4.78, 5) is 20.5. The Bertz CT molecular complexity index is 542. The molecule has 1 aromatic heterocycles. The normalized spacial score (nSPS) is 16.4. The number of hydrogen-bond donors (Lipinski definition) is 1. The minimum absolute atomic E-state index is 0.0211. The van der Waals surface area contributed by atoms with Crippen LogP contribution in [0.2, 0.25) is 0 Å². The molecule has 0 spiro atoms. The van der Waals surface area contributed by atoms with E-state index in [0.29, 0.717) is 31.9 Å². The topological polar surface area (TPSA) is 98.3 Å². The van der Waals surface area contributed by atoms with E-state index >= 15 is 0 Å². The van der Waals surface area contributed by atoms with Crippen molar-refractivity contribution in [3.63, 3.8) is 0 Å². The molecule has 1 aliphatic heterocycles. The Kier molecular flexibility index (Phi) is 6.50. The van der Waals surface area contributed by atoms with E-state index in [0.717, 1.165) is 32.0 Å². The van der Waals surface area contributed by atoms with Gasteiger partial charge in [-0.1, -0.05) is 19.0 Å². The van der Waals surface area contributed by atoms with Crippen molar-refractivity contribution in [1.82, 2.24) is 25.3 Å². The number of carbonyl (C=O) groups excluding carboxylic acids is 1. The minimum Gasteiger partial charge on any atom is -0.354 e. The predicted molar refractivity (Wildman–Crippen MR) is 83.3 cm³/mol. The van der Waals surface area contributed by atoms with Crippen LogP contribution < -0.4 is 5.32 Å². The number of rotatable bonds is 7. The minimum atomic E-state index is -0.0211. The first kappa shape index (κ1) is 17.4. The molecule has 0 radical (unpaired) electrons. The van der Waals surface area contributed by atoms with Crippen LogP contribution in [-0.4, -0.2) is 65.1 Å². The van der Waals surface area contributed by atoms with Gasteiger partial charge in [0, 0.05) is 38.6 Å². The molecule has 2 rings (SSSR count). The molecule has 1 aliphatic rings. The second kappa shape index (κ2) is 8.60. The van der Waals surface area contributed by atoms with Gasteiger partial charge in [-0.25, -0.2) is 0 Å². The molecule has 8 heteroatoms. The first-order valence-corrected chi connectivity index (χ1v) is 7.99. The van der Waals surface area contributed by atoms with E-state index in [9.17, 15) is 4.79 Å². The van der Waals surface area contributed by atoms with Gasteiger partial charge in [-0.15, -0.1) is 0 Å². The SMILES string of the molecule is CC(C)c1noc(CN2CCN(CC(=O)NCCC#N)CC2)n1. The molecule has 0 aromatic carbocycles. The van der Waals surface area contributed by atoms with Gasteiger partial charge in [0.2, 0.25) is 11.8 Å². The zero-order valence-corrected chi connectivity index (χ0v) is 13.8. The Morgan fingerprint density at radius 2 is 2.04 bits per heavy atom. The lowest BCUT2D eigenvalue weighted by Gasteiger charge is -2.33. The summed E-state index contributed by atoms with van der Waals surface area (Å²) in [6, 6.07) is 2.01. The summed E-state index contributed by atoms with van der Waals surface area (Å²) in [6.07, 6.45) is 0.349. The molecule has 8 nitrogen and oxygen atoms in total. The van der Waals surface area contributed by atoms with Crippen LogP contribution in [0, 0.1) is 11.3 Å². The number of piperazine rings is 1. The monoisotopic (exact) mass is 320 g/mol. The Morgan fingerprint density at radius 3 is 2.65 bits per heavy atom. The molecule has 1 saturated heterocycles. The fraction of sp³-hybridized carbons (Fsp3) is 0.733. The summed E-state index contributed by atoms with van der Waals surface area (Å²) in [5.41, 5.74) is 0. The predicted octanol–water partition coefficient (Wildman–Crippen LogP) is 0.340. The van der Waals surface area contributed by atoms with Crippen LogP contribution in [-0.2, 0) is 11.3 Å². The van der Waals surface area contributed by atoms with Gasteiger partial charge in [0.15, 0.2) is 5.82 Å². The van der Waals surface area contributed by atoms with E-state index in [-0.39, 0.29) is 11.8 Å². The zero-order valence-electron chi connectivity index (χ0n) is 13.8. The molecule has 1 aromatic rings. The first-order valence-electron chi connectivity index (χ1n) is 7.99. The number of nitrogens with zero attached hydrogens (tertiary/aromatic N) is 5. The lowest BCUT2D eigenvalue weighted by molar-refractivity contribution is -0.122. The highest BCUT2D eigenvalue weighted by atomic mass is 16.5. The second-order valence-corrected chi connectivity index (χ2v) is 6.01. The van der Waals surface area contributed by atoms with E-state index in [1.807, 2.05) is 19.9 Å². The van der Waals surface area contributed by atoms with Crippen molar-refractivity contribution in [2.75, 3.05) is 39.3 Å². The molecular weight excluding hydrogens is 296 g/mol. The summed E-state index contributed by atoms with van der Waals surface area (Å²) in [7, 11) is 0. The number of amides is 1. The van der Waals surface area contributed by atoms with Crippen LogP contribution in [0.25, 0.3) is 0 Å². The van der Waals surface area contributed by atoms with Crippen molar-refractivity contribution in [3.05, 3.63) is 11.7 Å². The molecule has 1 fully saturated rings. The molecule has 0 aliphatic carbocycles. The Labute approximate surface area is 136 Å². The van der Waals surface area contributed by atoms with Gasteiger partial charge in [0.05, 0.1) is 25.6 Å². The van der Waals surface area contributed by atoms with E-state index in [2.05, 4.69) is 25.3 Å². The highest BCUT2D eigenvalue weighted by Crippen LogP contribution is 2.12. The van der Waals surface area contributed by atoms with Crippen molar-refractivity contribution in [1.29, 1.82) is 5.26 Å². The maximum atomic E-state index is 11.7.